The molecule has 1 unspecified atom stereocenters. The maximum atomic E-state index is 12.7. The molecule has 3 aromatic carbocycles. The van der Waals surface area contributed by atoms with Gasteiger partial charge in [-0.1, -0.05) is 59.8 Å². The normalized spacial score (nSPS) is 22.2. The van der Waals surface area contributed by atoms with Crippen molar-refractivity contribution in [3.05, 3.63) is 83.9 Å². The van der Waals surface area contributed by atoms with E-state index in [2.05, 4.69) is 64.0 Å². The standard InChI is InChI=1S/C27H25N3O3/c1-27(29-14-16-32-17-15-29)18-30-23-13-6-5-10-20(23)21-11-7-12-22(24(21)30)25(27)28-33-26(31)19-8-3-2-4-9-19/h2-13H,14-18H2,1H3/b28-25-. The van der Waals surface area contributed by atoms with Gasteiger partial charge in [0.05, 0.1) is 29.8 Å². The van der Waals surface area contributed by atoms with Crippen LogP contribution in [-0.4, -0.2) is 53.0 Å². The molecular formula is C27H25N3O3. The Morgan fingerprint density at radius 1 is 0.939 bits per heavy atom. The van der Waals surface area contributed by atoms with E-state index in [1.165, 1.54) is 16.3 Å². The van der Waals surface area contributed by atoms with Crippen LogP contribution in [0.2, 0.25) is 0 Å². The summed E-state index contributed by atoms with van der Waals surface area (Å²) in [5.41, 5.74) is 4.17. The molecule has 0 bridgehead atoms. The van der Waals surface area contributed by atoms with Gasteiger partial charge in [0.15, 0.2) is 0 Å². The maximum Gasteiger partial charge on any atom is 0.365 e. The third-order valence-electron chi connectivity index (χ3n) is 6.96. The quantitative estimate of drug-likeness (QED) is 0.349. The number of aromatic nitrogens is 1. The number of oxime groups is 1. The van der Waals surface area contributed by atoms with Crippen molar-refractivity contribution in [1.29, 1.82) is 0 Å². The second kappa shape index (κ2) is 7.83. The molecule has 0 saturated carbocycles. The van der Waals surface area contributed by atoms with Crippen LogP contribution in [0.25, 0.3) is 21.8 Å². The Morgan fingerprint density at radius 2 is 1.67 bits per heavy atom. The van der Waals surface area contributed by atoms with Crippen LogP contribution in [0.15, 0.2) is 78.0 Å². The fraction of sp³-hybridized carbons (Fsp3) is 0.259. The van der Waals surface area contributed by atoms with Crippen molar-refractivity contribution in [2.45, 2.75) is 19.0 Å². The Kier molecular flexibility index (Phi) is 4.78. The minimum absolute atomic E-state index is 0.453. The summed E-state index contributed by atoms with van der Waals surface area (Å²) >= 11 is 0. The minimum atomic E-state index is -0.455. The number of hydrogen-bond donors (Lipinski definition) is 0. The van der Waals surface area contributed by atoms with E-state index < -0.39 is 11.5 Å². The van der Waals surface area contributed by atoms with Crippen molar-refractivity contribution >= 4 is 33.5 Å². The van der Waals surface area contributed by atoms with E-state index in [0.717, 1.165) is 36.4 Å². The predicted octanol–water partition coefficient (Wildman–Crippen LogP) is 4.46. The molecule has 4 aromatic rings. The van der Waals surface area contributed by atoms with Gasteiger partial charge in [0.1, 0.15) is 5.71 Å². The van der Waals surface area contributed by atoms with Crippen molar-refractivity contribution in [3.63, 3.8) is 0 Å². The molecule has 6 nitrogen and oxygen atoms in total. The number of hydrogen-bond acceptors (Lipinski definition) is 5. The average molecular weight is 440 g/mol. The van der Waals surface area contributed by atoms with Crippen LogP contribution in [-0.2, 0) is 16.1 Å². The molecule has 3 heterocycles. The van der Waals surface area contributed by atoms with Gasteiger partial charge in [-0.25, -0.2) is 4.79 Å². The lowest BCUT2D eigenvalue weighted by Gasteiger charge is -2.46. The second-order valence-corrected chi connectivity index (χ2v) is 8.86. The highest BCUT2D eigenvalue weighted by Gasteiger charge is 2.44. The molecule has 0 radical (unpaired) electrons. The number of carbonyl (C=O) groups excluding carboxylic acids is 1. The summed E-state index contributed by atoms with van der Waals surface area (Å²) in [6.45, 7) is 5.87. The van der Waals surface area contributed by atoms with Gasteiger partial charge in [0, 0.05) is 41.5 Å². The highest BCUT2D eigenvalue weighted by Crippen LogP contribution is 2.40. The summed E-state index contributed by atoms with van der Waals surface area (Å²) in [7, 11) is 0. The molecule has 166 valence electrons. The second-order valence-electron chi connectivity index (χ2n) is 8.86. The van der Waals surface area contributed by atoms with Crippen LogP contribution >= 0.6 is 0 Å². The maximum absolute atomic E-state index is 12.7. The Labute approximate surface area is 192 Å². The molecule has 0 amide bonds. The predicted molar refractivity (Wildman–Crippen MR) is 129 cm³/mol. The summed E-state index contributed by atoms with van der Waals surface area (Å²) in [5.74, 6) is -0.453. The van der Waals surface area contributed by atoms with E-state index in [9.17, 15) is 4.79 Å². The SMILES string of the molecule is CC1(N2CCOCC2)Cn2c3ccccc3c3cccc(c32)/C1=N/OC(=O)c1ccccc1. The molecule has 0 spiro atoms. The van der Waals surface area contributed by atoms with Crippen LogP contribution in [0.3, 0.4) is 0 Å². The van der Waals surface area contributed by atoms with E-state index in [1.54, 1.807) is 12.1 Å². The number of fused-ring (bicyclic) bond motifs is 3. The molecule has 1 aromatic heterocycles. The van der Waals surface area contributed by atoms with Gasteiger partial charge in [-0.2, -0.15) is 0 Å². The lowest BCUT2D eigenvalue weighted by molar-refractivity contribution is -0.000326. The monoisotopic (exact) mass is 439 g/mol. The van der Waals surface area contributed by atoms with Gasteiger partial charge in [-0.3, -0.25) is 4.90 Å². The fourth-order valence-electron chi connectivity index (χ4n) is 5.31. The molecule has 2 aliphatic rings. The van der Waals surface area contributed by atoms with Crippen LogP contribution < -0.4 is 0 Å². The van der Waals surface area contributed by atoms with Crippen molar-refractivity contribution in [3.8, 4) is 0 Å². The highest BCUT2D eigenvalue weighted by atomic mass is 16.7. The first kappa shape index (κ1) is 20.1. The molecule has 0 aliphatic carbocycles. The van der Waals surface area contributed by atoms with Crippen molar-refractivity contribution in [2.75, 3.05) is 26.3 Å². The van der Waals surface area contributed by atoms with Gasteiger partial charge in [0.25, 0.3) is 0 Å². The fourth-order valence-corrected chi connectivity index (χ4v) is 5.31. The van der Waals surface area contributed by atoms with Gasteiger partial charge >= 0.3 is 5.97 Å². The highest BCUT2D eigenvalue weighted by molar-refractivity contribution is 6.21. The minimum Gasteiger partial charge on any atom is -0.379 e. The Morgan fingerprint density at radius 3 is 2.48 bits per heavy atom. The van der Waals surface area contributed by atoms with Crippen LogP contribution in [0, 0.1) is 0 Å². The van der Waals surface area contributed by atoms with Crippen LogP contribution in [0.1, 0.15) is 22.8 Å². The third-order valence-corrected chi connectivity index (χ3v) is 6.96. The smallest absolute Gasteiger partial charge is 0.365 e. The van der Waals surface area contributed by atoms with Crippen molar-refractivity contribution in [2.24, 2.45) is 5.16 Å². The zero-order valence-electron chi connectivity index (χ0n) is 18.5. The summed E-state index contributed by atoms with van der Waals surface area (Å²) in [6.07, 6.45) is 0. The average Bonchev–Trinajstić information content (AvgIpc) is 3.19. The summed E-state index contributed by atoms with van der Waals surface area (Å²) < 4.78 is 8.03. The number of morpholine rings is 1. The van der Waals surface area contributed by atoms with E-state index in [1.807, 2.05) is 18.2 Å². The third kappa shape index (κ3) is 3.17. The Balaban J connectivity index is 1.53. The molecule has 6 rings (SSSR count). The first-order valence-electron chi connectivity index (χ1n) is 11.3. The van der Waals surface area contributed by atoms with E-state index in [4.69, 9.17) is 9.57 Å². The number of ether oxygens (including phenoxy) is 1. The molecule has 6 heteroatoms. The number of para-hydroxylation sites is 2. The number of nitrogens with zero attached hydrogens (tertiary/aromatic N) is 3. The van der Waals surface area contributed by atoms with Crippen LogP contribution in [0.4, 0.5) is 0 Å². The Bertz CT molecular complexity index is 1390. The molecule has 0 N–H and O–H groups in total. The van der Waals surface area contributed by atoms with Crippen molar-refractivity contribution in [1.82, 2.24) is 9.47 Å². The zero-order valence-corrected chi connectivity index (χ0v) is 18.5. The van der Waals surface area contributed by atoms with Gasteiger partial charge in [-0.15, -0.1) is 0 Å². The lowest BCUT2D eigenvalue weighted by atomic mass is 9.84. The summed E-state index contributed by atoms with van der Waals surface area (Å²) in [6, 6.07) is 23.8. The first-order chi connectivity index (χ1) is 16.2. The van der Waals surface area contributed by atoms with E-state index >= 15 is 0 Å². The summed E-state index contributed by atoms with van der Waals surface area (Å²) in [5, 5.41) is 6.97. The van der Waals surface area contributed by atoms with Gasteiger partial charge < -0.3 is 14.1 Å². The van der Waals surface area contributed by atoms with Gasteiger partial charge in [-0.05, 0) is 25.1 Å². The molecule has 1 atom stereocenters. The Hall–Kier alpha value is -3.48. The largest absolute Gasteiger partial charge is 0.379 e. The number of rotatable bonds is 3. The molecule has 1 saturated heterocycles. The summed E-state index contributed by atoms with van der Waals surface area (Å²) in [4.78, 5) is 20.7. The van der Waals surface area contributed by atoms with Crippen LogP contribution in [0.5, 0.6) is 0 Å². The molecule has 1 fully saturated rings. The number of carbonyl (C=O) groups is 1. The molecule has 2 aliphatic heterocycles. The lowest BCUT2D eigenvalue weighted by Crippen LogP contribution is -2.60. The van der Waals surface area contributed by atoms with Gasteiger partial charge in [0.2, 0.25) is 0 Å². The molecule has 33 heavy (non-hydrogen) atoms. The zero-order chi connectivity index (χ0) is 22.4. The first-order valence-corrected chi connectivity index (χ1v) is 11.3. The van der Waals surface area contributed by atoms with E-state index in [-0.39, 0.29) is 0 Å². The topological polar surface area (TPSA) is 56.1 Å². The molecular weight excluding hydrogens is 414 g/mol. The number of benzene rings is 3. The van der Waals surface area contributed by atoms with Crippen molar-refractivity contribution < 1.29 is 14.4 Å². The van der Waals surface area contributed by atoms with E-state index in [0.29, 0.717) is 18.8 Å².